The van der Waals surface area contributed by atoms with E-state index in [1.165, 1.54) is 0 Å². The van der Waals surface area contributed by atoms with E-state index in [9.17, 15) is 8.42 Å². The summed E-state index contributed by atoms with van der Waals surface area (Å²) in [5, 5.41) is 6.23. The van der Waals surface area contributed by atoms with Gasteiger partial charge in [-0.25, -0.2) is 13.4 Å². The third-order valence-corrected chi connectivity index (χ3v) is 5.94. The SMILES string of the molecule is C#CCNC(=NCc1ccc(Br)cc1)NCC1CCS(=O)(=O)C1. The highest BCUT2D eigenvalue weighted by Crippen LogP contribution is 2.17. The van der Waals surface area contributed by atoms with Crippen molar-refractivity contribution < 1.29 is 8.42 Å². The number of aliphatic imine (C=N–C) groups is 1. The second-order valence-electron chi connectivity index (χ2n) is 5.50. The van der Waals surface area contributed by atoms with E-state index in [2.05, 4.69) is 37.5 Å². The summed E-state index contributed by atoms with van der Waals surface area (Å²) in [6.07, 6.45) is 5.97. The molecule has 7 heteroatoms. The second-order valence-corrected chi connectivity index (χ2v) is 8.64. The minimum absolute atomic E-state index is 0.130. The van der Waals surface area contributed by atoms with Gasteiger partial charge in [0.1, 0.15) is 0 Å². The molecule has 0 radical (unpaired) electrons. The fraction of sp³-hybridized carbons (Fsp3) is 0.438. The fourth-order valence-electron chi connectivity index (χ4n) is 2.34. The summed E-state index contributed by atoms with van der Waals surface area (Å²) in [5.74, 6) is 3.77. The van der Waals surface area contributed by atoms with E-state index in [-0.39, 0.29) is 17.4 Å². The summed E-state index contributed by atoms with van der Waals surface area (Å²) in [4.78, 5) is 4.49. The van der Waals surface area contributed by atoms with Crippen LogP contribution in [0.15, 0.2) is 33.7 Å². The molecule has 0 aliphatic carbocycles. The first kappa shape index (κ1) is 17.8. The lowest BCUT2D eigenvalue weighted by Gasteiger charge is -2.14. The number of nitrogens with one attached hydrogen (secondary N) is 2. The lowest BCUT2D eigenvalue weighted by atomic mass is 10.1. The van der Waals surface area contributed by atoms with E-state index in [4.69, 9.17) is 6.42 Å². The Kier molecular flexibility index (Phi) is 6.48. The van der Waals surface area contributed by atoms with Gasteiger partial charge in [-0.05, 0) is 30.0 Å². The molecule has 0 amide bonds. The molecule has 0 saturated carbocycles. The number of nitrogens with zero attached hydrogens (tertiary/aromatic N) is 1. The van der Waals surface area contributed by atoms with Crippen LogP contribution in [0.4, 0.5) is 0 Å². The van der Waals surface area contributed by atoms with E-state index >= 15 is 0 Å². The molecule has 2 rings (SSSR count). The van der Waals surface area contributed by atoms with Gasteiger partial charge in [0, 0.05) is 11.0 Å². The molecule has 124 valence electrons. The van der Waals surface area contributed by atoms with Gasteiger partial charge in [-0.15, -0.1) is 6.42 Å². The number of rotatable bonds is 5. The van der Waals surface area contributed by atoms with Crippen molar-refractivity contribution in [1.29, 1.82) is 0 Å². The predicted molar refractivity (Wildman–Crippen MR) is 96.9 cm³/mol. The van der Waals surface area contributed by atoms with Crippen LogP contribution in [0, 0.1) is 18.3 Å². The van der Waals surface area contributed by atoms with E-state index in [0.29, 0.717) is 32.0 Å². The number of hydrogen-bond donors (Lipinski definition) is 2. The molecule has 23 heavy (non-hydrogen) atoms. The van der Waals surface area contributed by atoms with E-state index in [1.807, 2.05) is 24.3 Å². The Labute approximate surface area is 146 Å². The van der Waals surface area contributed by atoms with Crippen molar-refractivity contribution in [3.63, 3.8) is 0 Å². The molecule has 1 fully saturated rings. The molecule has 0 aromatic heterocycles. The van der Waals surface area contributed by atoms with Crippen LogP contribution in [0.2, 0.25) is 0 Å². The van der Waals surface area contributed by atoms with Gasteiger partial charge in [-0.1, -0.05) is 34.0 Å². The molecule has 1 saturated heterocycles. The quantitative estimate of drug-likeness (QED) is 0.449. The van der Waals surface area contributed by atoms with E-state index in [0.717, 1.165) is 10.0 Å². The molecule has 1 aliphatic rings. The third-order valence-electron chi connectivity index (χ3n) is 3.58. The van der Waals surface area contributed by atoms with Crippen molar-refractivity contribution in [2.24, 2.45) is 10.9 Å². The second kappa shape index (κ2) is 8.37. The maximum atomic E-state index is 11.5. The average Bonchev–Trinajstić information content (AvgIpc) is 2.87. The van der Waals surface area contributed by atoms with Gasteiger partial charge in [-0.2, -0.15) is 0 Å². The Bertz CT molecular complexity index is 693. The van der Waals surface area contributed by atoms with Crippen LogP contribution in [0.3, 0.4) is 0 Å². The van der Waals surface area contributed by atoms with E-state index < -0.39 is 9.84 Å². The maximum absolute atomic E-state index is 11.5. The van der Waals surface area contributed by atoms with Gasteiger partial charge >= 0.3 is 0 Å². The van der Waals surface area contributed by atoms with Crippen molar-refractivity contribution in [2.45, 2.75) is 13.0 Å². The zero-order chi connectivity index (χ0) is 16.7. The molecule has 5 nitrogen and oxygen atoms in total. The molecule has 1 aliphatic heterocycles. The number of guanidine groups is 1. The molecule has 0 bridgehead atoms. The largest absolute Gasteiger partial charge is 0.356 e. The minimum Gasteiger partial charge on any atom is -0.356 e. The van der Waals surface area contributed by atoms with Crippen LogP contribution in [-0.2, 0) is 16.4 Å². The zero-order valence-corrected chi connectivity index (χ0v) is 15.2. The number of sulfone groups is 1. The van der Waals surface area contributed by atoms with Crippen LogP contribution >= 0.6 is 15.9 Å². The Hall–Kier alpha value is -1.52. The summed E-state index contributed by atoms with van der Waals surface area (Å²) in [6, 6.07) is 7.93. The number of benzene rings is 1. The summed E-state index contributed by atoms with van der Waals surface area (Å²) in [5.41, 5.74) is 1.08. The molecule has 1 atom stereocenters. The fourth-order valence-corrected chi connectivity index (χ4v) is 4.47. The van der Waals surface area contributed by atoms with Crippen molar-refractivity contribution in [3.05, 3.63) is 34.3 Å². The smallest absolute Gasteiger partial charge is 0.192 e. The normalized spacial score (nSPS) is 20.0. The van der Waals surface area contributed by atoms with Crippen molar-refractivity contribution >= 4 is 31.7 Å². The summed E-state index contributed by atoms with van der Waals surface area (Å²) in [6.45, 7) is 1.47. The average molecular weight is 398 g/mol. The molecule has 2 N–H and O–H groups in total. The third kappa shape index (κ3) is 6.24. The first-order valence-electron chi connectivity index (χ1n) is 7.39. The summed E-state index contributed by atoms with van der Waals surface area (Å²) in [7, 11) is -2.86. The number of hydrogen-bond acceptors (Lipinski definition) is 3. The van der Waals surface area contributed by atoms with E-state index in [1.54, 1.807) is 0 Å². The van der Waals surface area contributed by atoms with Gasteiger partial charge in [0.15, 0.2) is 15.8 Å². The highest BCUT2D eigenvalue weighted by Gasteiger charge is 2.27. The molecule has 1 aromatic carbocycles. The van der Waals surface area contributed by atoms with Crippen molar-refractivity contribution in [1.82, 2.24) is 10.6 Å². The molecule has 1 unspecified atom stereocenters. The Balaban J connectivity index is 1.92. The molecule has 0 spiro atoms. The Morgan fingerprint density at radius 3 is 2.70 bits per heavy atom. The number of terminal acetylenes is 1. The monoisotopic (exact) mass is 397 g/mol. The molecular weight excluding hydrogens is 378 g/mol. The molecule has 1 heterocycles. The lowest BCUT2D eigenvalue weighted by molar-refractivity contribution is 0.568. The topological polar surface area (TPSA) is 70.6 Å². The predicted octanol–water partition coefficient (Wildman–Crippen LogP) is 1.55. The van der Waals surface area contributed by atoms with Crippen LogP contribution < -0.4 is 10.6 Å². The van der Waals surface area contributed by atoms with Gasteiger partial charge in [0.2, 0.25) is 0 Å². The van der Waals surface area contributed by atoms with Crippen LogP contribution in [0.1, 0.15) is 12.0 Å². The van der Waals surface area contributed by atoms with Crippen LogP contribution in [0.25, 0.3) is 0 Å². The Morgan fingerprint density at radius 1 is 1.35 bits per heavy atom. The highest BCUT2D eigenvalue weighted by atomic mass is 79.9. The van der Waals surface area contributed by atoms with Crippen LogP contribution in [-0.4, -0.2) is 39.0 Å². The maximum Gasteiger partial charge on any atom is 0.192 e. The standard InChI is InChI=1S/C16H20BrN3O2S/c1-2-8-18-16(19-10-13-3-5-15(17)6-4-13)20-11-14-7-9-23(21,22)12-14/h1,3-6,14H,7-12H2,(H2,18,19,20). The highest BCUT2D eigenvalue weighted by molar-refractivity contribution is 9.10. The van der Waals surface area contributed by atoms with Gasteiger partial charge in [0.25, 0.3) is 0 Å². The lowest BCUT2D eigenvalue weighted by Crippen LogP contribution is -2.40. The first-order chi connectivity index (χ1) is 11.0. The zero-order valence-electron chi connectivity index (χ0n) is 12.8. The van der Waals surface area contributed by atoms with Crippen LogP contribution in [0.5, 0.6) is 0 Å². The van der Waals surface area contributed by atoms with Gasteiger partial charge in [0.05, 0.1) is 24.6 Å². The summed E-state index contributed by atoms with van der Waals surface area (Å²) < 4.78 is 24.0. The summed E-state index contributed by atoms with van der Waals surface area (Å²) >= 11 is 3.40. The molecule has 1 aromatic rings. The first-order valence-corrected chi connectivity index (χ1v) is 10.0. The molecular formula is C16H20BrN3O2S. The van der Waals surface area contributed by atoms with Gasteiger partial charge < -0.3 is 10.6 Å². The number of halogens is 1. The van der Waals surface area contributed by atoms with Crippen molar-refractivity contribution in [2.75, 3.05) is 24.6 Å². The van der Waals surface area contributed by atoms with Crippen molar-refractivity contribution in [3.8, 4) is 12.3 Å². The minimum atomic E-state index is -2.86. The Morgan fingerprint density at radius 2 is 2.09 bits per heavy atom. The van der Waals surface area contributed by atoms with Gasteiger partial charge in [-0.3, -0.25) is 0 Å².